The first-order valence-electron chi connectivity index (χ1n) is 11.6. The van der Waals surface area contributed by atoms with Crippen LogP contribution in [-0.4, -0.2) is 54.8 Å². The molecular weight excluding hydrogens is 460 g/mol. The van der Waals surface area contributed by atoms with E-state index in [0.29, 0.717) is 12.1 Å². The molecule has 10 heteroatoms. The van der Waals surface area contributed by atoms with E-state index in [0.717, 1.165) is 28.2 Å². The average molecular weight is 487 g/mol. The first-order chi connectivity index (χ1) is 17.5. The number of hydrazone groups is 1. The molecule has 36 heavy (non-hydrogen) atoms. The fraction of sp³-hybridized carbons (Fsp3) is 0.269. The molecule has 5 rings (SSSR count). The van der Waals surface area contributed by atoms with Gasteiger partial charge in [-0.2, -0.15) is 10.2 Å². The molecule has 1 N–H and O–H groups in total. The van der Waals surface area contributed by atoms with Crippen molar-refractivity contribution in [3.05, 3.63) is 88.1 Å². The van der Waals surface area contributed by atoms with Gasteiger partial charge in [-0.15, -0.1) is 0 Å². The number of fused-ring (bicyclic) bond motifs is 1. The van der Waals surface area contributed by atoms with Crippen LogP contribution in [0.4, 0.5) is 0 Å². The number of ether oxygens (including phenoxy) is 1. The number of methoxy groups -OCH3 is 1. The second-order valence-corrected chi connectivity index (χ2v) is 8.65. The van der Waals surface area contributed by atoms with Crippen molar-refractivity contribution in [2.24, 2.45) is 5.10 Å². The number of hydrogen-bond acceptors (Lipinski definition) is 7. The zero-order valence-electron chi connectivity index (χ0n) is 20.0. The van der Waals surface area contributed by atoms with Gasteiger partial charge in [-0.1, -0.05) is 29.8 Å². The van der Waals surface area contributed by atoms with Crippen LogP contribution < -0.4 is 10.3 Å². The molecule has 1 atom stereocenters. The third-order valence-corrected chi connectivity index (χ3v) is 6.29. The zero-order valence-corrected chi connectivity index (χ0v) is 20.0. The van der Waals surface area contributed by atoms with Crippen LogP contribution in [0, 0.1) is 6.92 Å². The molecule has 0 saturated heterocycles. The Kier molecular flexibility index (Phi) is 6.34. The summed E-state index contributed by atoms with van der Waals surface area (Å²) in [4.78, 5) is 30.8. The second kappa shape index (κ2) is 9.74. The number of hydrogen-bond donors (Lipinski definition) is 1. The number of aliphatic hydroxyl groups excluding tert-OH is 1. The molecule has 2 aromatic carbocycles. The van der Waals surface area contributed by atoms with E-state index in [1.54, 1.807) is 7.11 Å². The molecule has 0 unspecified atom stereocenters. The first-order valence-corrected chi connectivity index (χ1v) is 11.6. The molecule has 4 aromatic rings. The third-order valence-electron chi connectivity index (χ3n) is 6.29. The fourth-order valence-electron chi connectivity index (χ4n) is 4.33. The minimum atomic E-state index is -0.372. The Balaban J connectivity index is 1.46. The maximum Gasteiger partial charge on any atom is 0.264 e. The highest BCUT2D eigenvalue weighted by Gasteiger charge is 2.33. The summed E-state index contributed by atoms with van der Waals surface area (Å²) in [5.74, 6) is 0.417. The van der Waals surface area contributed by atoms with Gasteiger partial charge in [0.25, 0.3) is 11.5 Å². The lowest BCUT2D eigenvalue weighted by Crippen LogP contribution is -2.34. The number of nitrogens with zero attached hydrogens (tertiary/aromatic N) is 6. The minimum absolute atomic E-state index is 0.121. The van der Waals surface area contributed by atoms with Crippen LogP contribution in [0.3, 0.4) is 0 Å². The Morgan fingerprint density at radius 3 is 2.58 bits per heavy atom. The Morgan fingerprint density at radius 1 is 1.14 bits per heavy atom. The molecule has 10 nitrogen and oxygen atoms in total. The zero-order chi connectivity index (χ0) is 25.2. The average Bonchev–Trinajstić information content (AvgIpc) is 3.52. The molecule has 0 bridgehead atoms. The summed E-state index contributed by atoms with van der Waals surface area (Å²) >= 11 is 0. The van der Waals surface area contributed by atoms with Gasteiger partial charge in [0, 0.05) is 6.42 Å². The van der Waals surface area contributed by atoms with Crippen molar-refractivity contribution in [1.82, 2.24) is 24.3 Å². The molecule has 2 aromatic heterocycles. The van der Waals surface area contributed by atoms with E-state index in [4.69, 9.17) is 9.84 Å². The van der Waals surface area contributed by atoms with Crippen molar-refractivity contribution in [2.75, 3.05) is 13.7 Å². The van der Waals surface area contributed by atoms with Gasteiger partial charge in [0.05, 0.1) is 38.2 Å². The summed E-state index contributed by atoms with van der Waals surface area (Å²) in [6.07, 6.45) is 3.29. The summed E-state index contributed by atoms with van der Waals surface area (Å²) in [7, 11) is 1.61. The number of benzene rings is 2. The Labute approximate surface area is 207 Å². The predicted octanol–water partition coefficient (Wildman–Crippen LogP) is 2.28. The largest absolute Gasteiger partial charge is 0.497 e. The van der Waals surface area contributed by atoms with Gasteiger partial charge in [-0.05, 0) is 42.3 Å². The highest BCUT2D eigenvalue weighted by atomic mass is 16.5. The molecule has 1 aliphatic rings. The monoisotopic (exact) mass is 486 g/mol. The van der Waals surface area contributed by atoms with Crippen molar-refractivity contribution >= 4 is 22.7 Å². The topological polar surface area (TPSA) is 115 Å². The smallest absolute Gasteiger partial charge is 0.264 e. The first kappa shape index (κ1) is 23.4. The van der Waals surface area contributed by atoms with Crippen LogP contribution in [0.25, 0.3) is 11.0 Å². The lowest BCUT2D eigenvalue weighted by molar-refractivity contribution is -0.133. The lowest BCUT2D eigenvalue weighted by atomic mass is 9.97. The molecule has 1 amide bonds. The summed E-state index contributed by atoms with van der Waals surface area (Å²) < 4.78 is 7.98. The number of carbonyl (C=O) groups excluding carboxylic acids is 1. The Bertz CT molecular complexity index is 1490. The van der Waals surface area contributed by atoms with E-state index < -0.39 is 0 Å². The summed E-state index contributed by atoms with van der Waals surface area (Å²) in [6, 6.07) is 15.3. The molecule has 0 aliphatic carbocycles. The molecule has 3 heterocycles. The molecule has 184 valence electrons. The van der Waals surface area contributed by atoms with Crippen molar-refractivity contribution < 1.29 is 14.6 Å². The van der Waals surface area contributed by atoms with Gasteiger partial charge in [0.1, 0.15) is 24.0 Å². The van der Waals surface area contributed by atoms with Crippen LogP contribution >= 0.6 is 0 Å². The molecule has 0 radical (unpaired) electrons. The molecular formula is C26H26N6O4. The van der Waals surface area contributed by atoms with E-state index in [-0.39, 0.29) is 42.6 Å². The minimum Gasteiger partial charge on any atom is -0.497 e. The number of carbonyl (C=O) groups is 1. The number of rotatable bonds is 7. The molecule has 0 saturated carbocycles. The highest BCUT2D eigenvalue weighted by Crippen LogP contribution is 2.33. The standard InChI is InChI=1S/C26H26N6O4/c1-17-3-5-19(6-4-17)23-13-22(18-7-9-20(36-2)10-8-18)29-32(23)24(34)15-30-16-27-25-21(26(30)35)14-28-31(25)11-12-33/h3-10,14,16,23,33H,11-13,15H2,1-2H3/t23-/m1/s1. The number of aryl methyl sites for hydroxylation is 1. The van der Waals surface area contributed by atoms with Gasteiger partial charge < -0.3 is 9.84 Å². The summed E-state index contributed by atoms with van der Waals surface area (Å²) in [5.41, 5.74) is 3.77. The van der Waals surface area contributed by atoms with Crippen LogP contribution in [-0.2, 0) is 17.9 Å². The second-order valence-electron chi connectivity index (χ2n) is 8.65. The number of aliphatic hydroxyl groups is 1. The van der Waals surface area contributed by atoms with E-state index >= 15 is 0 Å². The summed E-state index contributed by atoms with van der Waals surface area (Å²) in [5, 5.41) is 19.7. The van der Waals surface area contributed by atoms with Crippen LogP contribution in [0.5, 0.6) is 5.75 Å². The SMILES string of the molecule is COc1ccc(C2=NN(C(=O)Cn3cnc4c(cnn4CCO)c3=O)[C@@H](c3ccc(C)cc3)C2)cc1. The van der Waals surface area contributed by atoms with E-state index in [2.05, 4.69) is 10.1 Å². The molecule has 0 spiro atoms. The van der Waals surface area contributed by atoms with Crippen LogP contribution in [0.15, 0.2) is 71.0 Å². The van der Waals surface area contributed by atoms with Crippen LogP contribution in [0.1, 0.15) is 29.2 Å². The van der Waals surface area contributed by atoms with Gasteiger partial charge in [0.2, 0.25) is 0 Å². The quantitative estimate of drug-likeness (QED) is 0.429. The van der Waals surface area contributed by atoms with Gasteiger partial charge in [-0.3, -0.25) is 14.2 Å². The Hall–Kier alpha value is -4.31. The highest BCUT2D eigenvalue weighted by molar-refractivity contribution is 6.03. The van der Waals surface area contributed by atoms with Crippen molar-refractivity contribution in [1.29, 1.82) is 0 Å². The van der Waals surface area contributed by atoms with Crippen LogP contribution in [0.2, 0.25) is 0 Å². The molecule has 1 aliphatic heterocycles. The normalized spacial score (nSPS) is 15.4. The fourth-order valence-corrected chi connectivity index (χ4v) is 4.33. The molecule has 0 fully saturated rings. The Morgan fingerprint density at radius 2 is 1.89 bits per heavy atom. The van der Waals surface area contributed by atoms with Crippen molar-refractivity contribution in [2.45, 2.75) is 32.5 Å². The summed E-state index contributed by atoms with van der Waals surface area (Å²) in [6.45, 7) is 1.91. The number of amides is 1. The van der Waals surface area contributed by atoms with Crippen molar-refractivity contribution in [3.8, 4) is 5.75 Å². The van der Waals surface area contributed by atoms with E-state index in [1.807, 2.05) is 55.5 Å². The van der Waals surface area contributed by atoms with Crippen molar-refractivity contribution in [3.63, 3.8) is 0 Å². The predicted molar refractivity (Wildman–Crippen MR) is 134 cm³/mol. The number of aromatic nitrogens is 4. The van der Waals surface area contributed by atoms with E-state index in [1.165, 1.54) is 26.8 Å². The third kappa shape index (κ3) is 4.38. The lowest BCUT2D eigenvalue weighted by Gasteiger charge is -2.22. The van der Waals surface area contributed by atoms with E-state index in [9.17, 15) is 14.7 Å². The van der Waals surface area contributed by atoms with Gasteiger partial charge in [-0.25, -0.2) is 14.7 Å². The maximum absolute atomic E-state index is 13.5. The maximum atomic E-state index is 13.5. The van der Waals surface area contributed by atoms with Gasteiger partial charge >= 0.3 is 0 Å². The van der Waals surface area contributed by atoms with Gasteiger partial charge in [0.15, 0.2) is 5.65 Å².